The molecule has 17 nitrogen and oxygen atoms in total. The van der Waals surface area contributed by atoms with E-state index in [9.17, 15) is 24.0 Å². The molecule has 0 aliphatic carbocycles. The molecular weight excluding hydrogens is 540 g/mol. The Balaban J connectivity index is 3.27. The van der Waals surface area contributed by atoms with Crippen LogP contribution in [0.15, 0.2) is 5.11 Å². The molecule has 0 bridgehead atoms. The van der Waals surface area contributed by atoms with Crippen molar-refractivity contribution < 1.29 is 61.9 Å². The molecule has 1 unspecified atom stereocenters. The summed E-state index contributed by atoms with van der Waals surface area (Å²) in [4.78, 5) is 62.3. The van der Waals surface area contributed by atoms with E-state index >= 15 is 0 Å². The average molecular weight is 577 g/mol. The Labute approximate surface area is 230 Å². The number of azide groups is 1. The zero-order valence-corrected chi connectivity index (χ0v) is 23.1. The van der Waals surface area contributed by atoms with Crippen LogP contribution in [0.3, 0.4) is 0 Å². The van der Waals surface area contributed by atoms with Crippen LogP contribution >= 0.6 is 0 Å². The van der Waals surface area contributed by atoms with Crippen molar-refractivity contribution >= 4 is 29.8 Å². The van der Waals surface area contributed by atoms with Crippen LogP contribution in [0.2, 0.25) is 0 Å². The highest BCUT2D eigenvalue weighted by molar-refractivity contribution is 5.74. The second-order valence-electron chi connectivity index (χ2n) is 8.23. The fourth-order valence-electron chi connectivity index (χ4n) is 3.55. The van der Waals surface area contributed by atoms with Crippen molar-refractivity contribution in [2.75, 3.05) is 39.6 Å². The van der Waals surface area contributed by atoms with Crippen LogP contribution in [-0.2, 0) is 61.9 Å². The molecule has 1 amide bonds. The minimum Gasteiger partial charge on any atom is -0.466 e. The first kappa shape index (κ1) is 34.5. The summed E-state index contributed by atoms with van der Waals surface area (Å²) in [5, 5.41) is 5.89. The van der Waals surface area contributed by atoms with E-state index in [4.69, 9.17) is 43.4 Å². The monoisotopic (exact) mass is 576 g/mol. The van der Waals surface area contributed by atoms with Gasteiger partial charge >= 0.3 is 23.9 Å². The third kappa shape index (κ3) is 13.5. The van der Waals surface area contributed by atoms with Crippen LogP contribution in [0, 0.1) is 0 Å². The van der Waals surface area contributed by atoms with Crippen molar-refractivity contribution in [1.82, 2.24) is 5.32 Å². The minimum absolute atomic E-state index is 0.0456. The summed E-state index contributed by atoms with van der Waals surface area (Å²) < 4.78 is 43.5. The van der Waals surface area contributed by atoms with Gasteiger partial charge in [0.25, 0.3) is 0 Å². The van der Waals surface area contributed by atoms with Crippen molar-refractivity contribution in [2.24, 2.45) is 5.11 Å². The quantitative estimate of drug-likeness (QED) is 0.0468. The lowest BCUT2D eigenvalue weighted by Gasteiger charge is -2.45. The van der Waals surface area contributed by atoms with Crippen LogP contribution in [0.5, 0.6) is 0 Å². The number of carbonyl (C=O) groups is 5. The summed E-state index contributed by atoms with van der Waals surface area (Å²) in [6.07, 6.45) is -7.04. The molecular formula is C23H36N4O13. The van der Waals surface area contributed by atoms with E-state index in [2.05, 4.69) is 15.3 Å². The van der Waals surface area contributed by atoms with E-state index in [0.29, 0.717) is 0 Å². The molecule has 1 aliphatic heterocycles. The normalized spacial score (nSPS) is 22.7. The third-order valence-electron chi connectivity index (χ3n) is 4.93. The predicted octanol–water partition coefficient (Wildman–Crippen LogP) is 0.282. The minimum atomic E-state index is -1.45. The van der Waals surface area contributed by atoms with Crippen molar-refractivity contribution in [3.63, 3.8) is 0 Å². The zero-order valence-electron chi connectivity index (χ0n) is 23.1. The molecule has 0 aromatic heterocycles. The van der Waals surface area contributed by atoms with Crippen LogP contribution in [0.1, 0.15) is 41.0 Å². The molecule has 1 saturated heterocycles. The molecule has 1 rings (SSSR count). The predicted molar refractivity (Wildman–Crippen MR) is 131 cm³/mol. The molecule has 0 aromatic rings. The molecule has 1 aliphatic rings. The lowest BCUT2D eigenvalue weighted by atomic mass is 9.96. The molecule has 1 fully saturated rings. The summed E-state index contributed by atoms with van der Waals surface area (Å²) in [6, 6.07) is -1.26. The average Bonchev–Trinajstić information content (AvgIpc) is 2.85. The second kappa shape index (κ2) is 18.7. The Morgan fingerprint density at radius 2 is 1.62 bits per heavy atom. The first-order chi connectivity index (χ1) is 19.0. The summed E-state index contributed by atoms with van der Waals surface area (Å²) in [6.45, 7) is 6.05. The molecule has 0 aromatic carbocycles. The molecule has 17 heteroatoms. The van der Waals surface area contributed by atoms with E-state index < -0.39 is 79.7 Å². The van der Waals surface area contributed by atoms with Gasteiger partial charge in [-0.25, -0.2) is 0 Å². The maximum atomic E-state index is 12.2. The first-order valence-corrected chi connectivity index (χ1v) is 12.4. The maximum Gasteiger partial charge on any atom is 0.310 e. The molecule has 0 radical (unpaired) electrons. The van der Waals surface area contributed by atoms with Crippen LogP contribution in [0.4, 0.5) is 0 Å². The number of rotatable bonds is 17. The summed E-state index contributed by atoms with van der Waals surface area (Å²) >= 11 is 0. The molecule has 226 valence electrons. The van der Waals surface area contributed by atoms with Crippen LogP contribution in [-0.4, -0.2) is 106 Å². The molecule has 1 N–H and O–H groups in total. The standard InChI is InChI=1S/C23H36N4O13/c1-6-34-18(32)11-19(35-10-9-33-8-7-25-27-24)40-23-20(26-13(2)28)22(38-16(5)31)21(37-15(4)30)17(39-23)12-36-14(3)29/h17,19-23H,6-12H2,1-5H3,(H,26,28)/t17-,19?,20-,21+,22-,23-/m1/s1. The van der Waals surface area contributed by atoms with Gasteiger partial charge in [0.15, 0.2) is 24.8 Å². The third-order valence-corrected chi connectivity index (χ3v) is 4.93. The highest BCUT2D eigenvalue weighted by Crippen LogP contribution is 2.29. The van der Waals surface area contributed by atoms with Gasteiger partial charge < -0.3 is 43.2 Å². The van der Waals surface area contributed by atoms with Gasteiger partial charge in [0.2, 0.25) is 5.91 Å². The Hall–Kier alpha value is -3.50. The van der Waals surface area contributed by atoms with Crippen molar-refractivity contribution in [3.05, 3.63) is 10.4 Å². The van der Waals surface area contributed by atoms with E-state index in [1.807, 2.05) is 0 Å². The van der Waals surface area contributed by atoms with E-state index in [0.717, 1.165) is 20.8 Å². The van der Waals surface area contributed by atoms with Gasteiger partial charge in [-0.2, -0.15) is 0 Å². The molecule has 0 saturated carbocycles. The second-order valence-corrected chi connectivity index (χ2v) is 8.23. The number of hydrogen-bond acceptors (Lipinski definition) is 14. The highest BCUT2D eigenvalue weighted by Gasteiger charge is 2.52. The molecule has 1 heterocycles. The van der Waals surface area contributed by atoms with Gasteiger partial charge in [0.1, 0.15) is 18.8 Å². The van der Waals surface area contributed by atoms with Gasteiger partial charge in [0.05, 0.1) is 32.8 Å². The number of esters is 4. The van der Waals surface area contributed by atoms with Crippen molar-refractivity contribution in [3.8, 4) is 0 Å². The van der Waals surface area contributed by atoms with E-state index in [1.54, 1.807) is 6.92 Å². The van der Waals surface area contributed by atoms with Gasteiger partial charge in [-0.3, -0.25) is 24.0 Å². The highest BCUT2D eigenvalue weighted by atomic mass is 16.8. The SMILES string of the molecule is CCOC(=O)CC(OCCOCCN=[N+]=[N-])O[C@H]1O[C@H](COC(C)=O)[C@H](OC(C)=O)[C@H](OC(C)=O)[C@H]1NC(C)=O. The number of ether oxygens (including phenoxy) is 8. The zero-order chi connectivity index (χ0) is 30.1. The molecule has 40 heavy (non-hydrogen) atoms. The number of carbonyl (C=O) groups excluding carboxylic acids is 5. The molecule has 0 spiro atoms. The maximum absolute atomic E-state index is 12.2. The van der Waals surface area contributed by atoms with Crippen LogP contribution in [0.25, 0.3) is 10.4 Å². The van der Waals surface area contributed by atoms with Crippen molar-refractivity contribution in [1.29, 1.82) is 0 Å². The van der Waals surface area contributed by atoms with Gasteiger partial charge in [-0.15, -0.1) is 0 Å². The van der Waals surface area contributed by atoms with Gasteiger partial charge in [-0.1, -0.05) is 5.11 Å². The van der Waals surface area contributed by atoms with E-state index in [-0.39, 0.29) is 33.0 Å². The summed E-state index contributed by atoms with van der Waals surface area (Å²) in [5.74, 6) is -3.45. The Bertz CT molecular complexity index is 911. The van der Waals surface area contributed by atoms with Gasteiger partial charge in [0, 0.05) is 39.2 Å². The van der Waals surface area contributed by atoms with Crippen LogP contribution < -0.4 is 5.32 Å². The number of amides is 1. The molecule has 6 atom stereocenters. The number of hydrogen-bond donors (Lipinski definition) is 1. The Morgan fingerprint density at radius 1 is 0.950 bits per heavy atom. The number of nitrogens with one attached hydrogen (secondary N) is 1. The first-order valence-electron chi connectivity index (χ1n) is 12.4. The van der Waals surface area contributed by atoms with Crippen molar-refractivity contribution in [2.45, 2.75) is 78.0 Å². The topological polar surface area (TPSA) is 220 Å². The fourth-order valence-corrected chi connectivity index (χ4v) is 3.55. The lowest BCUT2D eigenvalue weighted by molar-refractivity contribution is -0.316. The van der Waals surface area contributed by atoms with Gasteiger partial charge in [-0.05, 0) is 12.5 Å². The lowest BCUT2D eigenvalue weighted by Crippen LogP contribution is -2.67. The fraction of sp³-hybridized carbons (Fsp3) is 0.783. The summed E-state index contributed by atoms with van der Waals surface area (Å²) in [7, 11) is 0. The van der Waals surface area contributed by atoms with E-state index in [1.165, 1.54) is 6.92 Å². The smallest absolute Gasteiger partial charge is 0.310 e. The Morgan fingerprint density at radius 3 is 2.20 bits per heavy atom. The summed E-state index contributed by atoms with van der Waals surface area (Å²) in [5.41, 5.74) is 8.31. The largest absolute Gasteiger partial charge is 0.466 e. The Kier molecular flexibility index (Phi) is 16.2. The number of nitrogens with zero attached hydrogens (tertiary/aromatic N) is 3.